The fraction of sp³-hybridized carbons (Fsp3) is 1.00. The first-order valence-corrected chi connectivity index (χ1v) is 4.89. The minimum absolute atomic E-state index is 0.115. The van der Waals surface area contributed by atoms with Crippen LogP contribution in [0.4, 0.5) is 4.39 Å². The summed E-state index contributed by atoms with van der Waals surface area (Å²) in [6, 6.07) is 0. The first kappa shape index (κ1) is 8.51. The molecule has 0 aromatic heterocycles. The van der Waals surface area contributed by atoms with Crippen LogP contribution in [0, 0.1) is 5.41 Å². The molecule has 0 aliphatic heterocycles. The van der Waals surface area contributed by atoms with Crippen LogP contribution in [-0.2, 0) is 0 Å². The average molecular weight is 209 g/mol. The maximum absolute atomic E-state index is 13.8. The molecule has 0 amide bonds. The zero-order valence-electron chi connectivity index (χ0n) is 6.58. The van der Waals surface area contributed by atoms with E-state index in [-0.39, 0.29) is 5.41 Å². The van der Waals surface area contributed by atoms with Gasteiger partial charge in [-0.3, -0.25) is 0 Å². The number of halogens is 2. The van der Waals surface area contributed by atoms with Crippen molar-refractivity contribution in [3.05, 3.63) is 0 Å². The molecular formula is C8H14BrF. The van der Waals surface area contributed by atoms with Crippen molar-refractivity contribution in [1.29, 1.82) is 0 Å². The van der Waals surface area contributed by atoms with Gasteiger partial charge in [0.1, 0.15) is 5.67 Å². The largest absolute Gasteiger partial charge is 0.242 e. The van der Waals surface area contributed by atoms with Crippen molar-refractivity contribution in [3.63, 3.8) is 0 Å². The fourth-order valence-electron chi connectivity index (χ4n) is 1.62. The maximum Gasteiger partial charge on any atom is 0.125 e. The van der Waals surface area contributed by atoms with E-state index in [1.807, 2.05) is 13.8 Å². The van der Waals surface area contributed by atoms with Crippen LogP contribution >= 0.6 is 15.9 Å². The van der Waals surface area contributed by atoms with Crippen molar-refractivity contribution in [2.45, 2.75) is 38.8 Å². The zero-order valence-corrected chi connectivity index (χ0v) is 8.17. The summed E-state index contributed by atoms with van der Waals surface area (Å²) in [7, 11) is 0. The maximum atomic E-state index is 13.8. The van der Waals surface area contributed by atoms with Crippen LogP contribution in [0.5, 0.6) is 0 Å². The average Bonchev–Trinajstić information content (AvgIpc) is 2.10. The van der Waals surface area contributed by atoms with E-state index >= 15 is 0 Å². The highest BCUT2D eigenvalue weighted by Gasteiger charge is 2.48. The molecule has 0 bridgehead atoms. The van der Waals surface area contributed by atoms with Gasteiger partial charge in [-0.1, -0.05) is 29.8 Å². The van der Waals surface area contributed by atoms with Crippen molar-refractivity contribution in [2.75, 3.05) is 5.33 Å². The van der Waals surface area contributed by atoms with E-state index in [0.717, 1.165) is 19.3 Å². The molecule has 1 unspecified atom stereocenters. The standard InChI is InChI=1S/C8H14BrF/c1-7(2)4-3-5-8(7,10)6-9/h3-6H2,1-2H3. The van der Waals surface area contributed by atoms with Crippen molar-refractivity contribution < 1.29 is 4.39 Å². The summed E-state index contributed by atoms with van der Waals surface area (Å²) < 4.78 is 13.8. The molecule has 0 heterocycles. The van der Waals surface area contributed by atoms with Gasteiger partial charge in [-0.25, -0.2) is 4.39 Å². The Kier molecular flexibility index (Phi) is 2.10. The highest BCUT2D eigenvalue weighted by molar-refractivity contribution is 9.09. The van der Waals surface area contributed by atoms with Crippen LogP contribution in [0.3, 0.4) is 0 Å². The van der Waals surface area contributed by atoms with Gasteiger partial charge >= 0.3 is 0 Å². The van der Waals surface area contributed by atoms with Gasteiger partial charge < -0.3 is 0 Å². The second-order valence-electron chi connectivity index (χ2n) is 3.84. The first-order chi connectivity index (χ1) is 4.52. The van der Waals surface area contributed by atoms with Gasteiger partial charge in [0.15, 0.2) is 0 Å². The molecule has 1 atom stereocenters. The molecule has 10 heavy (non-hydrogen) atoms. The quantitative estimate of drug-likeness (QED) is 0.581. The lowest BCUT2D eigenvalue weighted by Crippen LogP contribution is -2.36. The predicted molar refractivity (Wildman–Crippen MR) is 45.3 cm³/mol. The van der Waals surface area contributed by atoms with Gasteiger partial charge in [0.2, 0.25) is 0 Å². The molecule has 0 spiro atoms. The minimum atomic E-state index is -0.951. The first-order valence-electron chi connectivity index (χ1n) is 3.77. The molecule has 1 aliphatic rings. The summed E-state index contributed by atoms with van der Waals surface area (Å²) in [4.78, 5) is 0. The Labute approximate surface area is 70.3 Å². The number of rotatable bonds is 1. The second-order valence-corrected chi connectivity index (χ2v) is 4.40. The Balaban J connectivity index is 2.76. The molecule has 1 fully saturated rings. The lowest BCUT2D eigenvalue weighted by atomic mass is 9.81. The Morgan fingerprint density at radius 2 is 2.00 bits per heavy atom. The lowest BCUT2D eigenvalue weighted by Gasteiger charge is -2.32. The van der Waals surface area contributed by atoms with E-state index in [9.17, 15) is 4.39 Å². The van der Waals surface area contributed by atoms with E-state index in [2.05, 4.69) is 15.9 Å². The lowest BCUT2D eigenvalue weighted by molar-refractivity contribution is 0.0744. The van der Waals surface area contributed by atoms with E-state index < -0.39 is 5.67 Å². The molecule has 1 saturated carbocycles. The summed E-state index contributed by atoms with van der Waals surface area (Å²) in [6.07, 6.45) is 2.79. The summed E-state index contributed by atoms with van der Waals surface area (Å²) in [5.41, 5.74) is -1.07. The molecule has 0 radical (unpaired) electrons. The van der Waals surface area contributed by atoms with Crippen LogP contribution in [0.2, 0.25) is 0 Å². The third kappa shape index (κ3) is 1.11. The summed E-state index contributed by atoms with van der Waals surface area (Å²) in [5, 5.41) is 0.493. The molecule has 2 heteroatoms. The topological polar surface area (TPSA) is 0 Å². The van der Waals surface area contributed by atoms with E-state index in [1.165, 1.54) is 0 Å². The molecule has 60 valence electrons. The van der Waals surface area contributed by atoms with Crippen LogP contribution in [-0.4, -0.2) is 11.0 Å². The van der Waals surface area contributed by atoms with Crippen LogP contribution in [0.15, 0.2) is 0 Å². The predicted octanol–water partition coefficient (Wildman–Crippen LogP) is 3.30. The normalized spacial score (nSPS) is 38.4. The Hall–Kier alpha value is 0.410. The summed E-state index contributed by atoms with van der Waals surface area (Å²) in [5.74, 6) is 0. The molecular weight excluding hydrogens is 195 g/mol. The molecule has 0 saturated heterocycles. The van der Waals surface area contributed by atoms with Gasteiger partial charge in [-0.05, 0) is 24.7 Å². The van der Waals surface area contributed by atoms with Gasteiger partial charge in [-0.15, -0.1) is 0 Å². The Bertz CT molecular complexity index is 133. The number of hydrogen-bond donors (Lipinski definition) is 0. The second kappa shape index (κ2) is 2.47. The van der Waals surface area contributed by atoms with Gasteiger partial charge in [-0.2, -0.15) is 0 Å². The van der Waals surface area contributed by atoms with Crippen molar-refractivity contribution >= 4 is 15.9 Å². The SMILES string of the molecule is CC1(C)CCCC1(F)CBr. The summed E-state index contributed by atoms with van der Waals surface area (Å²) >= 11 is 3.23. The van der Waals surface area contributed by atoms with Crippen LogP contribution in [0.1, 0.15) is 33.1 Å². The number of hydrogen-bond acceptors (Lipinski definition) is 0. The molecule has 1 aliphatic carbocycles. The third-order valence-corrected chi connectivity index (χ3v) is 3.69. The third-order valence-electron chi connectivity index (χ3n) is 2.80. The molecule has 0 aromatic rings. The molecule has 0 N–H and O–H groups in total. The van der Waals surface area contributed by atoms with Gasteiger partial charge in [0.25, 0.3) is 0 Å². The fourth-order valence-corrected chi connectivity index (χ4v) is 2.66. The Morgan fingerprint density at radius 1 is 1.40 bits per heavy atom. The highest BCUT2D eigenvalue weighted by Crippen LogP contribution is 2.49. The minimum Gasteiger partial charge on any atom is -0.242 e. The smallest absolute Gasteiger partial charge is 0.125 e. The van der Waals surface area contributed by atoms with E-state index in [4.69, 9.17) is 0 Å². The molecule has 0 nitrogen and oxygen atoms in total. The van der Waals surface area contributed by atoms with Crippen molar-refractivity contribution in [1.82, 2.24) is 0 Å². The highest BCUT2D eigenvalue weighted by atomic mass is 79.9. The van der Waals surface area contributed by atoms with Crippen LogP contribution < -0.4 is 0 Å². The van der Waals surface area contributed by atoms with E-state index in [1.54, 1.807) is 0 Å². The zero-order chi connectivity index (χ0) is 7.83. The Morgan fingerprint density at radius 3 is 2.20 bits per heavy atom. The van der Waals surface area contributed by atoms with Crippen molar-refractivity contribution in [2.24, 2.45) is 5.41 Å². The number of alkyl halides is 2. The molecule has 0 aromatic carbocycles. The monoisotopic (exact) mass is 208 g/mol. The summed E-state index contributed by atoms with van der Waals surface area (Å²) in [6.45, 7) is 4.03. The van der Waals surface area contributed by atoms with Gasteiger partial charge in [0, 0.05) is 5.33 Å². The van der Waals surface area contributed by atoms with Crippen LogP contribution in [0.25, 0.3) is 0 Å². The van der Waals surface area contributed by atoms with Crippen molar-refractivity contribution in [3.8, 4) is 0 Å². The van der Waals surface area contributed by atoms with Gasteiger partial charge in [0.05, 0.1) is 0 Å². The van der Waals surface area contributed by atoms with E-state index in [0.29, 0.717) is 5.33 Å². The molecule has 1 rings (SSSR count).